The Balaban J connectivity index is 2.36. The van der Waals surface area contributed by atoms with E-state index in [0.29, 0.717) is 6.04 Å². The molecule has 0 aromatic carbocycles. The lowest BCUT2D eigenvalue weighted by Gasteiger charge is -2.27. The molecule has 0 aromatic heterocycles. The van der Waals surface area contributed by atoms with E-state index in [1.54, 1.807) is 0 Å². The third-order valence-electron chi connectivity index (χ3n) is 4.28. The van der Waals surface area contributed by atoms with Gasteiger partial charge in [-0.15, -0.1) is 0 Å². The van der Waals surface area contributed by atoms with Crippen LogP contribution in [0.5, 0.6) is 0 Å². The Bertz CT molecular complexity index is 197. The molecule has 16 heavy (non-hydrogen) atoms. The molecule has 0 spiro atoms. The zero-order valence-corrected chi connectivity index (χ0v) is 11.3. The Hall–Kier alpha value is -0.120. The van der Waals surface area contributed by atoms with Crippen molar-refractivity contribution >= 4 is 0 Å². The minimum absolute atomic E-state index is 0.195. The monoisotopic (exact) mass is 228 g/mol. The predicted octanol–water partition coefficient (Wildman–Crippen LogP) is 2.16. The van der Waals surface area contributed by atoms with Crippen molar-refractivity contribution < 1.29 is 4.48 Å². The van der Waals surface area contributed by atoms with Crippen molar-refractivity contribution in [3.8, 4) is 0 Å². The summed E-state index contributed by atoms with van der Waals surface area (Å²) >= 11 is 0. The molecular weight excluding hydrogens is 198 g/mol. The van der Waals surface area contributed by atoms with Crippen LogP contribution >= 0.6 is 0 Å². The summed E-state index contributed by atoms with van der Waals surface area (Å²) in [7, 11) is 0. The lowest BCUT2D eigenvalue weighted by Crippen LogP contribution is -2.43. The minimum atomic E-state index is 0.195. The third kappa shape index (κ3) is 2.58. The van der Waals surface area contributed by atoms with E-state index in [1.807, 2.05) is 0 Å². The van der Waals surface area contributed by atoms with Gasteiger partial charge in [-0.3, -0.25) is 16.0 Å². The summed E-state index contributed by atoms with van der Waals surface area (Å²) in [6, 6.07) is 0.641. The summed E-state index contributed by atoms with van der Waals surface area (Å²) in [5, 5.41) is 0. The summed E-state index contributed by atoms with van der Waals surface area (Å²) in [5.74, 6) is 0. The molecule has 0 amide bonds. The van der Waals surface area contributed by atoms with Crippen molar-refractivity contribution in [3.63, 3.8) is 0 Å². The van der Waals surface area contributed by atoms with Crippen molar-refractivity contribution in [3.05, 3.63) is 0 Å². The van der Waals surface area contributed by atoms with Gasteiger partial charge in [-0.05, 0) is 26.2 Å². The second kappa shape index (κ2) is 5.99. The number of hydrogen-bond donors (Lipinski definition) is 2. The standard InChI is InChI=1S/C13H30N3/c1-4-6-7-8-9-11(3)16(10-5-2)12(14)13(16)15/h11-13H,4-10,14-15H2,1-3H3/q+1. The molecule has 96 valence electrons. The lowest BCUT2D eigenvalue weighted by molar-refractivity contribution is -0.851. The minimum Gasteiger partial charge on any atom is -0.279 e. The molecule has 0 aliphatic carbocycles. The zero-order valence-electron chi connectivity index (χ0n) is 11.3. The Morgan fingerprint density at radius 3 is 2.06 bits per heavy atom. The highest BCUT2D eigenvalue weighted by molar-refractivity contribution is 4.81. The van der Waals surface area contributed by atoms with Gasteiger partial charge in [0.2, 0.25) is 12.3 Å². The maximum absolute atomic E-state index is 6.11. The van der Waals surface area contributed by atoms with E-state index in [0.717, 1.165) is 11.0 Å². The average Bonchev–Trinajstić information content (AvgIpc) is 2.79. The number of hydrogen-bond acceptors (Lipinski definition) is 2. The first-order valence-corrected chi connectivity index (χ1v) is 6.99. The van der Waals surface area contributed by atoms with E-state index in [9.17, 15) is 0 Å². The zero-order chi connectivity index (χ0) is 12.2. The van der Waals surface area contributed by atoms with E-state index < -0.39 is 0 Å². The summed E-state index contributed by atoms with van der Waals surface area (Å²) in [4.78, 5) is 0. The molecule has 0 bridgehead atoms. The van der Waals surface area contributed by atoms with Crippen LogP contribution in [0, 0.1) is 0 Å². The number of rotatable bonds is 8. The molecule has 0 aromatic rings. The SMILES string of the molecule is CCCCCCC(C)[N+]1(CCC)C(N)C1N. The molecule has 3 unspecified atom stereocenters. The first kappa shape index (κ1) is 13.9. The number of nitrogens with zero attached hydrogens (tertiary/aromatic N) is 1. The molecule has 0 radical (unpaired) electrons. The van der Waals surface area contributed by atoms with Crippen LogP contribution in [-0.2, 0) is 0 Å². The van der Waals surface area contributed by atoms with E-state index in [-0.39, 0.29) is 12.3 Å². The van der Waals surface area contributed by atoms with Crippen LogP contribution in [0.1, 0.15) is 59.3 Å². The number of nitrogens with two attached hydrogens (primary N) is 2. The van der Waals surface area contributed by atoms with Crippen molar-refractivity contribution in [1.82, 2.24) is 0 Å². The summed E-state index contributed by atoms with van der Waals surface area (Å²) in [5.41, 5.74) is 12.2. The van der Waals surface area contributed by atoms with Crippen molar-refractivity contribution in [2.75, 3.05) is 6.54 Å². The van der Waals surface area contributed by atoms with Gasteiger partial charge in [0.25, 0.3) is 0 Å². The van der Waals surface area contributed by atoms with Gasteiger partial charge in [-0.2, -0.15) is 0 Å². The summed E-state index contributed by atoms with van der Waals surface area (Å²) in [6.45, 7) is 7.96. The Morgan fingerprint density at radius 1 is 1.00 bits per heavy atom. The first-order valence-electron chi connectivity index (χ1n) is 6.99. The lowest BCUT2D eigenvalue weighted by atomic mass is 10.1. The van der Waals surface area contributed by atoms with Crippen LogP contribution in [0.2, 0.25) is 0 Å². The molecule has 1 fully saturated rings. The van der Waals surface area contributed by atoms with Crippen LogP contribution in [0.4, 0.5) is 0 Å². The fraction of sp³-hybridized carbons (Fsp3) is 1.00. The van der Waals surface area contributed by atoms with Crippen molar-refractivity contribution in [2.24, 2.45) is 11.5 Å². The predicted molar refractivity (Wildman–Crippen MR) is 69.6 cm³/mol. The van der Waals surface area contributed by atoms with Crippen LogP contribution in [0.15, 0.2) is 0 Å². The van der Waals surface area contributed by atoms with Crippen LogP contribution in [0.25, 0.3) is 0 Å². The molecule has 1 aliphatic heterocycles. The molecule has 3 nitrogen and oxygen atoms in total. The molecular formula is C13H30N3+. The smallest absolute Gasteiger partial charge is 0.210 e. The first-order chi connectivity index (χ1) is 7.61. The van der Waals surface area contributed by atoms with Crippen molar-refractivity contribution in [1.29, 1.82) is 0 Å². The quantitative estimate of drug-likeness (QED) is 0.380. The van der Waals surface area contributed by atoms with Gasteiger partial charge in [-0.25, -0.2) is 0 Å². The van der Waals surface area contributed by atoms with Gasteiger partial charge in [0, 0.05) is 0 Å². The Labute approximate surface area is 101 Å². The largest absolute Gasteiger partial charge is 0.279 e. The van der Waals surface area contributed by atoms with Gasteiger partial charge in [0.15, 0.2) is 0 Å². The van der Waals surface area contributed by atoms with E-state index in [1.165, 1.54) is 38.5 Å². The topological polar surface area (TPSA) is 52.0 Å². The average molecular weight is 228 g/mol. The fourth-order valence-corrected chi connectivity index (χ4v) is 3.06. The second-order valence-corrected chi connectivity index (χ2v) is 5.40. The fourth-order valence-electron chi connectivity index (χ4n) is 3.06. The maximum atomic E-state index is 6.11. The third-order valence-corrected chi connectivity index (χ3v) is 4.28. The summed E-state index contributed by atoms with van der Waals surface area (Å²) in [6.07, 6.45) is 8.21. The maximum Gasteiger partial charge on any atom is 0.210 e. The highest BCUT2D eigenvalue weighted by Gasteiger charge is 2.64. The molecule has 1 saturated heterocycles. The van der Waals surface area contributed by atoms with Crippen molar-refractivity contribution in [2.45, 2.75) is 77.7 Å². The van der Waals surface area contributed by atoms with Crippen LogP contribution in [0.3, 0.4) is 0 Å². The second-order valence-electron chi connectivity index (χ2n) is 5.40. The van der Waals surface area contributed by atoms with Crippen LogP contribution in [-0.4, -0.2) is 29.4 Å². The van der Waals surface area contributed by atoms with Gasteiger partial charge >= 0.3 is 0 Å². The van der Waals surface area contributed by atoms with E-state index >= 15 is 0 Å². The molecule has 4 N–H and O–H groups in total. The number of quaternary nitrogens is 1. The highest BCUT2D eigenvalue weighted by Crippen LogP contribution is 2.38. The Kier molecular flexibility index (Phi) is 5.22. The van der Waals surface area contributed by atoms with Crippen LogP contribution < -0.4 is 11.5 Å². The molecule has 0 saturated carbocycles. The number of unbranched alkanes of at least 4 members (excludes halogenated alkanes) is 3. The van der Waals surface area contributed by atoms with E-state index in [4.69, 9.17) is 11.5 Å². The summed E-state index contributed by atoms with van der Waals surface area (Å²) < 4.78 is 0.975. The normalized spacial score (nSPS) is 35.1. The van der Waals surface area contributed by atoms with Gasteiger partial charge in [0.1, 0.15) is 0 Å². The Morgan fingerprint density at radius 2 is 1.62 bits per heavy atom. The molecule has 1 rings (SSSR count). The highest BCUT2D eigenvalue weighted by atomic mass is 15.6. The molecule has 3 atom stereocenters. The molecule has 3 heteroatoms. The molecule has 1 heterocycles. The van der Waals surface area contributed by atoms with Gasteiger partial charge < -0.3 is 0 Å². The van der Waals surface area contributed by atoms with E-state index in [2.05, 4.69) is 20.8 Å². The van der Waals surface area contributed by atoms with Gasteiger partial charge in [-0.1, -0.05) is 33.1 Å². The van der Waals surface area contributed by atoms with Gasteiger partial charge in [0.05, 0.1) is 12.6 Å². The molecule has 1 aliphatic rings.